The van der Waals surface area contributed by atoms with Gasteiger partial charge in [-0.1, -0.05) is 6.08 Å². The van der Waals surface area contributed by atoms with Gasteiger partial charge in [-0.25, -0.2) is 0 Å². The van der Waals surface area contributed by atoms with Crippen LogP contribution in [0.1, 0.15) is 27.7 Å². The van der Waals surface area contributed by atoms with Gasteiger partial charge in [0.2, 0.25) is 0 Å². The largest absolute Gasteiger partial charge is 0.342 e. The lowest BCUT2D eigenvalue weighted by Gasteiger charge is -2.35. The van der Waals surface area contributed by atoms with Gasteiger partial charge >= 0.3 is 0 Å². The number of ether oxygens (including phenoxy) is 5. The number of fused-ring (bicyclic) bond motifs is 3. The molecule has 0 saturated carbocycles. The molecule has 0 radical (unpaired) electrons. The van der Waals surface area contributed by atoms with Crippen molar-refractivity contribution in [3.05, 3.63) is 12.7 Å². The Bertz CT molecular complexity index is 364. The summed E-state index contributed by atoms with van der Waals surface area (Å²) < 4.78 is 29.2. The van der Waals surface area contributed by atoms with Crippen molar-refractivity contribution in [2.24, 2.45) is 0 Å². The van der Waals surface area contributed by atoms with Crippen molar-refractivity contribution in [3.63, 3.8) is 0 Å². The van der Waals surface area contributed by atoms with Gasteiger partial charge in [0.25, 0.3) is 0 Å². The highest BCUT2D eigenvalue weighted by Gasteiger charge is 2.60. The van der Waals surface area contributed by atoms with Crippen LogP contribution in [0, 0.1) is 0 Å². The van der Waals surface area contributed by atoms with Crippen LogP contribution in [0.5, 0.6) is 0 Å². The smallest absolute Gasteiger partial charge is 0.190 e. The molecule has 3 fully saturated rings. The zero-order valence-electron chi connectivity index (χ0n) is 11.2. The molecule has 0 spiro atoms. The quantitative estimate of drug-likeness (QED) is 0.666. The minimum atomic E-state index is -0.661. The van der Waals surface area contributed by atoms with Gasteiger partial charge in [0.05, 0.1) is 0 Å². The summed E-state index contributed by atoms with van der Waals surface area (Å²) in [6.45, 7) is 11.3. The fourth-order valence-corrected chi connectivity index (χ4v) is 2.83. The second kappa shape index (κ2) is 3.77. The average Bonchev–Trinajstić information content (AvgIpc) is 2.71. The van der Waals surface area contributed by atoms with E-state index in [0.717, 1.165) is 0 Å². The predicted molar refractivity (Wildman–Crippen MR) is 62.7 cm³/mol. The van der Waals surface area contributed by atoms with Crippen molar-refractivity contribution in [1.82, 2.24) is 0 Å². The summed E-state index contributed by atoms with van der Waals surface area (Å²) in [5.41, 5.74) is 0. The van der Waals surface area contributed by atoms with Crippen LogP contribution >= 0.6 is 0 Å². The second-order valence-electron chi connectivity index (χ2n) is 5.87. The third-order valence-electron chi connectivity index (χ3n) is 3.42. The second-order valence-corrected chi connectivity index (χ2v) is 5.87. The van der Waals surface area contributed by atoms with E-state index in [-0.39, 0.29) is 24.4 Å². The molecule has 0 aromatic heterocycles. The number of rotatable bonds is 1. The van der Waals surface area contributed by atoms with Gasteiger partial charge in [0.1, 0.15) is 24.4 Å². The Hall–Kier alpha value is -0.460. The first-order valence-corrected chi connectivity index (χ1v) is 6.31. The molecule has 0 aliphatic carbocycles. The molecule has 0 aromatic carbocycles. The Balaban J connectivity index is 1.89. The van der Waals surface area contributed by atoms with Crippen LogP contribution in [0.2, 0.25) is 0 Å². The minimum absolute atomic E-state index is 0.191. The molecule has 2 unspecified atom stereocenters. The van der Waals surface area contributed by atoms with E-state index in [4.69, 9.17) is 23.7 Å². The highest BCUT2D eigenvalue weighted by Crippen LogP contribution is 2.44. The fourth-order valence-electron chi connectivity index (χ4n) is 2.83. The Kier molecular flexibility index (Phi) is 2.63. The maximum Gasteiger partial charge on any atom is 0.190 e. The Morgan fingerprint density at radius 3 is 2.06 bits per heavy atom. The molecule has 3 heterocycles. The lowest BCUT2D eigenvalue weighted by molar-refractivity contribution is -0.222. The van der Waals surface area contributed by atoms with Crippen LogP contribution in [0.4, 0.5) is 0 Å². The summed E-state index contributed by atoms with van der Waals surface area (Å²) in [7, 11) is 0. The first kappa shape index (κ1) is 12.6. The highest BCUT2D eigenvalue weighted by molar-refractivity contribution is 5.04. The van der Waals surface area contributed by atoms with Crippen molar-refractivity contribution in [1.29, 1.82) is 0 Å². The molecular weight excluding hydrogens is 236 g/mol. The van der Waals surface area contributed by atoms with Gasteiger partial charge in [-0.05, 0) is 27.7 Å². The molecule has 3 aliphatic rings. The lowest BCUT2D eigenvalue weighted by atomic mass is 9.99. The minimum Gasteiger partial charge on any atom is -0.342 e. The van der Waals surface area contributed by atoms with E-state index >= 15 is 0 Å². The molecular formula is C13H20O5. The molecule has 3 aliphatic heterocycles. The normalized spacial score (nSPS) is 48.6. The summed E-state index contributed by atoms with van der Waals surface area (Å²) >= 11 is 0. The molecule has 0 N–H and O–H groups in total. The van der Waals surface area contributed by atoms with E-state index < -0.39 is 17.9 Å². The Labute approximate surface area is 107 Å². The maximum absolute atomic E-state index is 5.94. The monoisotopic (exact) mass is 256 g/mol. The van der Waals surface area contributed by atoms with E-state index in [2.05, 4.69) is 6.58 Å². The van der Waals surface area contributed by atoms with Crippen molar-refractivity contribution >= 4 is 0 Å². The highest BCUT2D eigenvalue weighted by atomic mass is 16.9. The van der Waals surface area contributed by atoms with Crippen LogP contribution in [0.15, 0.2) is 12.7 Å². The van der Waals surface area contributed by atoms with Crippen LogP contribution in [-0.2, 0) is 23.7 Å². The van der Waals surface area contributed by atoms with E-state index in [9.17, 15) is 0 Å². The van der Waals surface area contributed by atoms with Gasteiger partial charge in [0.15, 0.2) is 17.9 Å². The molecule has 0 aromatic rings. The van der Waals surface area contributed by atoms with Crippen molar-refractivity contribution in [2.45, 2.75) is 70.0 Å². The molecule has 18 heavy (non-hydrogen) atoms. The van der Waals surface area contributed by atoms with E-state index in [1.165, 1.54) is 0 Å². The summed E-state index contributed by atoms with van der Waals surface area (Å²) in [4.78, 5) is 0. The zero-order valence-corrected chi connectivity index (χ0v) is 11.2. The average molecular weight is 256 g/mol. The summed E-state index contributed by atoms with van der Waals surface area (Å²) in [6, 6.07) is 0. The van der Waals surface area contributed by atoms with Crippen LogP contribution in [0.3, 0.4) is 0 Å². The maximum atomic E-state index is 5.94. The molecule has 5 atom stereocenters. The molecule has 3 rings (SSSR count). The molecule has 0 bridgehead atoms. The topological polar surface area (TPSA) is 46.2 Å². The molecule has 102 valence electrons. The Morgan fingerprint density at radius 2 is 1.39 bits per heavy atom. The van der Waals surface area contributed by atoms with Gasteiger partial charge in [-0.15, -0.1) is 6.58 Å². The van der Waals surface area contributed by atoms with Gasteiger partial charge < -0.3 is 23.7 Å². The third-order valence-corrected chi connectivity index (χ3v) is 3.42. The summed E-state index contributed by atoms with van der Waals surface area (Å²) in [5, 5.41) is 0. The first-order chi connectivity index (χ1) is 8.31. The zero-order chi connectivity index (χ0) is 13.1. The van der Waals surface area contributed by atoms with Crippen molar-refractivity contribution < 1.29 is 23.7 Å². The van der Waals surface area contributed by atoms with Crippen LogP contribution < -0.4 is 0 Å². The van der Waals surface area contributed by atoms with E-state index in [1.807, 2.05) is 27.7 Å². The molecule has 5 nitrogen and oxygen atoms in total. The van der Waals surface area contributed by atoms with E-state index in [0.29, 0.717) is 0 Å². The lowest BCUT2D eigenvalue weighted by Crippen LogP contribution is -2.54. The summed E-state index contributed by atoms with van der Waals surface area (Å²) in [6.07, 6.45) is 0.410. The third kappa shape index (κ3) is 1.90. The van der Waals surface area contributed by atoms with Gasteiger partial charge in [0, 0.05) is 0 Å². The van der Waals surface area contributed by atoms with Crippen LogP contribution in [0.25, 0.3) is 0 Å². The summed E-state index contributed by atoms with van der Waals surface area (Å²) in [5.74, 6) is -1.29. The molecule has 5 heteroatoms. The predicted octanol–water partition coefficient (Wildman–Crippen LogP) is 1.57. The number of hydrogen-bond acceptors (Lipinski definition) is 5. The molecule has 0 amide bonds. The molecule has 3 saturated heterocycles. The SMILES string of the molecule is C=C[C@@H]1OC2OC(C)(C)OC2[C@@H]2OC(C)(C)O[C@H]12. The standard InChI is InChI=1S/C13H20O5/c1-6-7-8-9(16-12(2,3)15-8)10-11(14-7)18-13(4,5)17-10/h6-11H,1H2,2-5H3/t7-,8+,9+,10?,11?/m0/s1. The van der Waals surface area contributed by atoms with Crippen molar-refractivity contribution in [3.8, 4) is 0 Å². The van der Waals surface area contributed by atoms with Crippen molar-refractivity contribution in [2.75, 3.05) is 0 Å². The van der Waals surface area contributed by atoms with Gasteiger partial charge in [-0.3, -0.25) is 0 Å². The van der Waals surface area contributed by atoms with E-state index in [1.54, 1.807) is 6.08 Å². The van der Waals surface area contributed by atoms with Gasteiger partial charge in [-0.2, -0.15) is 0 Å². The fraction of sp³-hybridized carbons (Fsp3) is 0.846. The van der Waals surface area contributed by atoms with Crippen LogP contribution in [-0.4, -0.2) is 42.3 Å². The Morgan fingerprint density at radius 1 is 0.833 bits per heavy atom. The number of hydrogen-bond donors (Lipinski definition) is 0. The first-order valence-electron chi connectivity index (χ1n) is 6.31.